The zero-order valence-electron chi connectivity index (χ0n) is 17.1. The highest BCUT2D eigenvalue weighted by Gasteiger charge is 2.36. The Bertz CT molecular complexity index is 980. The number of aryl methyl sites for hydroxylation is 2. The van der Waals surface area contributed by atoms with E-state index in [1.165, 1.54) is 16.7 Å². The molecular formula is C24H26Br2N2O2. The van der Waals surface area contributed by atoms with Crippen LogP contribution in [-0.4, -0.2) is 41.6 Å². The highest BCUT2D eigenvalue weighted by molar-refractivity contribution is 9.10. The maximum absolute atomic E-state index is 12.9. The molecule has 2 aromatic rings. The van der Waals surface area contributed by atoms with Gasteiger partial charge in [0.05, 0.1) is 0 Å². The molecule has 0 aromatic heterocycles. The molecule has 1 saturated heterocycles. The molecule has 2 aromatic carbocycles. The van der Waals surface area contributed by atoms with Crippen molar-refractivity contribution in [1.29, 1.82) is 0 Å². The lowest BCUT2D eigenvalue weighted by Crippen LogP contribution is -2.54. The van der Waals surface area contributed by atoms with Gasteiger partial charge in [0.25, 0.3) is 0 Å². The van der Waals surface area contributed by atoms with E-state index in [-0.39, 0.29) is 12.2 Å². The summed E-state index contributed by atoms with van der Waals surface area (Å²) in [6.07, 6.45) is 3.85. The summed E-state index contributed by atoms with van der Waals surface area (Å²) in [5, 5.41) is 0. The van der Waals surface area contributed by atoms with E-state index < -0.39 is 0 Å². The number of benzene rings is 2. The molecule has 4 nitrogen and oxygen atoms in total. The summed E-state index contributed by atoms with van der Waals surface area (Å²) in [7, 11) is 0. The standard InChI is InChI=1S/C24H26Br2N2O2/c1-15-14-27(24(29)30-23-9-3-17-13-19(26)5-7-21(17)23)10-11-28(15)22-8-2-16-12-18(25)4-6-20(16)22/h4-7,12-13,15,22-23H,2-3,8-11,14H2,1H3/t15-,22?,23?/m0/s1. The highest BCUT2D eigenvalue weighted by Crippen LogP contribution is 2.39. The van der Waals surface area contributed by atoms with Crippen molar-refractivity contribution in [2.24, 2.45) is 0 Å². The van der Waals surface area contributed by atoms with Gasteiger partial charge in [-0.2, -0.15) is 0 Å². The van der Waals surface area contributed by atoms with Gasteiger partial charge in [-0.15, -0.1) is 0 Å². The number of rotatable bonds is 2. The van der Waals surface area contributed by atoms with Crippen LogP contribution in [0.3, 0.4) is 0 Å². The lowest BCUT2D eigenvalue weighted by Gasteiger charge is -2.43. The molecule has 1 heterocycles. The first-order chi connectivity index (χ1) is 14.5. The molecule has 3 aliphatic rings. The van der Waals surface area contributed by atoms with Gasteiger partial charge in [-0.25, -0.2) is 4.79 Å². The molecule has 5 rings (SSSR count). The molecule has 30 heavy (non-hydrogen) atoms. The quantitative estimate of drug-likeness (QED) is 0.472. The minimum atomic E-state index is -0.168. The summed E-state index contributed by atoms with van der Waals surface area (Å²) in [5.74, 6) is 0. The molecule has 3 atom stereocenters. The molecule has 0 radical (unpaired) electrons. The second kappa shape index (κ2) is 8.29. The van der Waals surface area contributed by atoms with Crippen LogP contribution in [0.1, 0.15) is 54.2 Å². The lowest BCUT2D eigenvalue weighted by atomic mass is 10.0. The van der Waals surface area contributed by atoms with Crippen molar-refractivity contribution in [2.45, 2.75) is 50.8 Å². The number of carbonyl (C=O) groups is 1. The van der Waals surface area contributed by atoms with Gasteiger partial charge in [0.2, 0.25) is 0 Å². The van der Waals surface area contributed by atoms with E-state index in [9.17, 15) is 4.79 Å². The number of hydrogen-bond donors (Lipinski definition) is 0. The summed E-state index contributed by atoms with van der Waals surface area (Å²) in [6, 6.07) is 13.7. The van der Waals surface area contributed by atoms with E-state index in [1.54, 1.807) is 0 Å². The van der Waals surface area contributed by atoms with Gasteiger partial charge in [0.1, 0.15) is 6.10 Å². The first kappa shape index (κ1) is 20.5. The van der Waals surface area contributed by atoms with Crippen LogP contribution in [0.4, 0.5) is 4.79 Å². The monoisotopic (exact) mass is 532 g/mol. The number of amides is 1. The minimum absolute atomic E-state index is 0.117. The van der Waals surface area contributed by atoms with Crippen LogP contribution in [0.2, 0.25) is 0 Å². The number of fused-ring (bicyclic) bond motifs is 2. The third-order valence-corrected chi connectivity index (χ3v) is 7.85. The van der Waals surface area contributed by atoms with Crippen LogP contribution in [0.25, 0.3) is 0 Å². The lowest BCUT2D eigenvalue weighted by molar-refractivity contribution is 0.0189. The zero-order valence-corrected chi connectivity index (χ0v) is 20.3. The summed E-state index contributed by atoms with van der Waals surface area (Å²) in [5.41, 5.74) is 5.35. The van der Waals surface area contributed by atoms with Crippen molar-refractivity contribution in [3.05, 3.63) is 67.6 Å². The van der Waals surface area contributed by atoms with Gasteiger partial charge in [-0.05, 0) is 79.1 Å². The van der Waals surface area contributed by atoms with Crippen molar-refractivity contribution < 1.29 is 9.53 Å². The molecule has 2 unspecified atom stereocenters. The van der Waals surface area contributed by atoms with Gasteiger partial charge in [0.15, 0.2) is 0 Å². The van der Waals surface area contributed by atoms with Gasteiger partial charge in [0, 0.05) is 40.7 Å². The third kappa shape index (κ3) is 3.82. The molecule has 0 saturated carbocycles. The summed E-state index contributed by atoms with van der Waals surface area (Å²) >= 11 is 7.12. The van der Waals surface area contributed by atoms with Crippen LogP contribution in [0, 0.1) is 0 Å². The molecule has 1 aliphatic heterocycles. The fraction of sp³-hybridized carbons (Fsp3) is 0.458. The predicted octanol–water partition coefficient (Wildman–Crippen LogP) is 6.03. The highest BCUT2D eigenvalue weighted by atomic mass is 79.9. The van der Waals surface area contributed by atoms with Crippen LogP contribution in [0.5, 0.6) is 0 Å². The molecule has 0 N–H and O–H groups in total. The smallest absolute Gasteiger partial charge is 0.410 e. The van der Waals surface area contributed by atoms with Crippen molar-refractivity contribution >= 4 is 38.0 Å². The van der Waals surface area contributed by atoms with Crippen LogP contribution in [0.15, 0.2) is 45.3 Å². The SMILES string of the molecule is C[C@H]1CN(C(=O)OC2CCc3cc(Br)ccc32)CCN1C1CCc2cc(Br)ccc21. The molecule has 2 aliphatic carbocycles. The van der Waals surface area contributed by atoms with E-state index in [2.05, 4.69) is 74.0 Å². The average Bonchev–Trinajstić information content (AvgIpc) is 3.31. The molecular weight excluding hydrogens is 508 g/mol. The van der Waals surface area contributed by atoms with Crippen LogP contribution in [-0.2, 0) is 17.6 Å². The molecule has 0 spiro atoms. The number of carbonyl (C=O) groups excluding carboxylic acids is 1. The summed E-state index contributed by atoms with van der Waals surface area (Å²) < 4.78 is 8.18. The van der Waals surface area contributed by atoms with E-state index in [0.29, 0.717) is 12.1 Å². The van der Waals surface area contributed by atoms with Gasteiger partial charge >= 0.3 is 6.09 Å². The maximum atomic E-state index is 12.9. The number of nitrogens with zero attached hydrogens (tertiary/aromatic N) is 2. The molecule has 6 heteroatoms. The van der Waals surface area contributed by atoms with E-state index >= 15 is 0 Å². The number of halogens is 2. The Balaban J connectivity index is 1.22. The average molecular weight is 534 g/mol. The number of hydrogen-bond acceptors (Lipinski definition) is 3. The predicted molar refractivity (Wildman–Crippen MR) is 125 cm³/mol. The first-order valence-corrected chi connectivity index (χ1v) is 12.4. The normalized spacial score (nSPS) is 25.8. The second-order valence-corrected chi connectivity index (χ2v) is 10.5. The molecule has 1 fully saturated rings. The summed E-state index contributed by atoms with van der Waals surface area (Å²) in [4.78, 5) is 17.4. The first-order valence-electron chi connectivity index (χ1n) is 10.8. The Kier molecular flexibility index (Phi) is 5.67. The van der Waals surface area contributed by atoms with E-state index in [1.807, 2.05) is 11.0 Å². The maximum Gasteiger partial charge on any atom is 0.410 e. The topological polar surface area (TPSA) is 32.8 Å². The van der Waals surface area contributed by atoms with Crippen molar-refractivity contribution in [2.75, 3.05) is 19.6 Å². The Hall–Kier alpha value is -1.37. The minimum Gasteiger partial charge on any atom is -0.441 e. The van der Waals surface area contributed by atoms with Gasteiger partial charge in [-0.3, -0.25) is 4.90 Å². The largest absolute Gasteiger partial charge is 0.441 e. The third-order valence-electron chi connectivity index (χ3n) is 6.86. The number of ether oxygens (including phenoxy) is 1. The Morgan fingerprint density at radius 2 is 1.63 bits per heavy atom. The van der Waals surface area contributed by atoms with E-state index in [4.69, 9.17) is 4.74 Å². The van der Waals surface area contributed by atoms with Crippen molar-refractivity contribution in [3.63, 3.8) is 0 Å². The van der Waals surface area contributed by atoms with Gasteiger partial charge < -0.3 is 9.64 Å². The van der Waals surface area contributed by atoms with Crippen LogP contribution < -0.4 is 0 Å². The molecule has 1 amide bonds. The Morgan fingerprint density at radius 1 is 0.967 bits per heavy atom. The number of piperazine rings is 1. The Labute approximate surface area is 194 Å². The fourth-order valence-electron chi connectivity index (χ4n) is 5.37. The summed E-state index contributed by atoms with van der Waals surface area (Å²) in [6.45, 7) is 4.58. The van der Waals surface area contributed by atoms with Crippen molar-refractivity contribution in [3.8, 4) is 0 Å². The fourth-order valence-corrected chi connectivity index (χ4v) is 6.19. The molecule has 0 bridgehead atoms. The van der Waals surface area contributed by atoms with E-state index in [0.717, 1.165) is 59.8 Å². The van der Waals surface area contributed by atoms with Crippen LogP contribution >= 0.6 is 31.9 Å². The van der Waals surface area contributed by atoms with Crippen molar-refractivity contribution in [1.82, 2.24) is 9.80 Å². The second-order valence-electron chi connectivity index (χ2n) is 8.68. The Morgan fingerprint density at radius 3 is 2.37 bits per heavy atom. The molecule has 158 valence electrons. The zero-order chi connectivity index (χ0) is 20.8. The van der Waals surface area contributed by atoms with Gasteiger partial charge in [-0.1, -0.05) is 44.0 Å².